The fourth-order valence-corrected chi connectivity index (χ4v) is 2.18. The van der Waals surface area contributed by atoms with E-state index in [-0.39, 0.29) is 11.5 Å². The Hall–Kier alpha value is -2.56. The van der Waals surface area contributed by atoms with Gasteiger partial charge in [-0.3, -0.25) is 9.59 Å². The number of carbonyl (C=O) groups excluding carboxylic acids is 1. The van der Waals surface area contributed by atoms with Gasteiger partial charge in [0.2, 0.25) is 5.91 Å². The molecule has 5 nitrogen and oxygen atoms in total. The van der Waals surface area contributed by atoms with Crippen LogP contribution in [0.2, 0.25) is 0 Å². The van der Waals surface area contributed by atoms with E-state index in [0.717, 1.165) is 0 Å². The number of rotatable bonds is 4. The SMILES string of the molecule is Cc1cccn(CC(C)(C)C(=O)Nc2ccccc2N)c1=O. The number of para-hydroxylation sites is 2. The van der Waals surface area contributed by atoms with Crippen LogP contribution in [0, 0.1) is 12.3 Å². The molecule has 3 N–H and O–H groups in total. The number of nitrogens with one attached hydrogen (secondary N) is 1. The molecular weight excluding hydrogens is 278 g/mol. The van der Waals surface area contributed by atoms with Gasteiger partial charge < -0.3 is 15.6 Å². The van der Waals surface area contributed by atoms with Crippen molar-refractivity contribution in [3.8, 4) is 0 Å². The van der Waals surface area contributed by atoms with E-state index in [1.54, 1.807) is 55.8 Å². The van der Waals surface area contributed by atoms with Crippen LogP contribution in [0.15, 0.2) is 47.4 Å². The number of aryl methyl sites for hydroxylation is 1. The molecule has 1 heterocycles. The molecule has 116 valence electrons. The molecule has 0 aliphatic rings. The lowest BCUT2D eigenvalue weighted by Gasteiger charge is -2.25. The smallest absolute Gasteiger partial charge is 0.253 e. The predicted octanol–water partition coefficient (Wildman–Crippen LogP) is 2.40. The number of nitrogen functional groups attached to an aromatic ring is 1. The zero-order chi connectivity index (χ0) is 16.3. The van der Waals surface area contributed by atoms with Crippen molar-refractivity contribution < 1.29 is 4.79 Å². The fourth-order valence-electron chi connectivity index (χ4n) is 2.18. The molecule has 0 aliphatic heterocycles. The van der Waals surface area contributed by atoms with E-state index >= 15 is 0 Å². The highest BCUT2D eigenvalue weighted by Gasteiger charge is 2.29. The van der Waals surface area contributed by atoms with E-state index in [1.165, 1.54) is 0 Å². The summed E-state index contributed by atoms with van der Waals surface area (Å²) in [4.78, 5) is 24.6. The molecule has 1 amide bonds. The average molecular weight is 299 g/mol. The number of hydrogen-bond acceptors (Lipinski definition) is 3. The first-order chi connectivity index (χ1) is 10.3. The maximum atomic E-state index is 12.5. The second kappa shape index (κ2) is 6.05. The Kier molecular flexibility index (Phi) is 4.35. The minimum Gasteiger partial charge on any atom is -0.397 e. The Bertz CT molecular complexity index is 748. The molecule has 2 rings (SSSR count). The molecule has 0 bridgehead atoms. The third-order valence-electron chi connectivity index (χ3n) is 3.60. The molecule has 0 atom stereocenters. The van der Waals surface area contributed by atoms with Crippen LogP contribution < -0.4 is 16.6 Å². The van der Waals surface area contributed by atoms with Gasteiger partial charge in [-0.15, -0.1) is 0 Å². The maximum Gasteiger partial charge on any atom is 0.253 e. The molecule has 1 aromatic carbocycles. The second-order valence-electron chi connectivity index (χ2n) is 6.05. The van der Waals surface area contributed by atoms with Gasteiger partial charge in [0.1, 0.15) is 0 Å². The third kappa shape index (κ3) is 3.36. The molecule has 2 aromatic rings. The molecular formula is C17H21N3O2. The van der Waals surface area contributed by atoms with E-state index in [2.05, 4.69) is 5.32 Å². The van der Waals surface area contributed by atoms with Crippen molar-refractivity contribution >= 4 is 17.3 Å². The highest BCUT2D eigenvalue weighted by atomic mass is 16.2. The van der Waals surface area contributed by atoms with Gasteiger partial charge in [-0.25, -0.2) is 0 Å². The van der Waals surface area contributed by atoms with E-state index in [4.69, 9.17) is 5.73 Å². The van der Waals surface area contributed by atoms with Gasteiger partial charge in [0.25, 0.3) is 5.56 Å². The molecule has 0 fully saturated rings. The van der Waals surface area contributed by atoms with Crippen LogP contribution in [0.1, 0.15) is 19.4 Å². The topological polar surface area (TPSA) is 77.1 Å². The fraction of sp³-hybridized carbons (Fsp3) is 0.294. The van der Waals surface area contributed by atoms with Crippen molar-refractivity contribution in [3.05, 3.63) is 58.5 Å². The van der Waals surface area contributed by atoms with Crippen molar-refractivity contribution in [1.29, 1.82) is 0 Å². The molecule has 5 heteroatoms. The second-order valence-corrected chi connectivity index (χ2v) is 6.05. The van der Waals surface area contributed by atoms with Crippen molar-refractivity contribution in [2.45, 2.75) is 27.3 Å². The van der Waals surface area contributed by atoms with Crippen LogP contribution in [-0.2, 0) is 11.3 Å². The number of amides is 1. The van der Waals surface area contributed by atoms with Crippen molar-refractivity contribution in [2.24, 2.45) is 5.41 Å². The molecule has 1 aromatic heterocycles. The number of carbonyl (C=O) groups is 1. The lowest BCUT2D eigenvalue weighted by molar-refractivity contribution is -0.124. The first-order valence-electron chi connectivity index (χ1n) is 7.13. The van der Waals surface area contributed by atoms with Crippen LogP contribution >= 0.6 is 0 Å². The highest BCUT2D eigenvalue weighted by molar-refractivity contribution is 5.97. The monoisotopic (exact) mass is 299 g/mol. The minimum absolute atomic E-state index is 0.0809. The quantitative estimate of drug-likeness (QED) is 0.851. The van der Waals surface area contributed by atoms with E-state index in [9.17, 15) is 9.59 Å². The number of anilines is 2. The number of benzene rings is 1. The molecule has 22 heavy (non-hydrogen) atoms. The van der Waals surface area contributed by atoms with Crippen molar-refractivity contribution in [2.75, 3.05) is 11.1 Å². The summed E-state index contributed by atoms with van der Waals surface area (Å²) in [6, 6.07) is 10.7. The summed E-state index contributed by atoms with van der Waals surface area (Å²) in [5, 5.41) is 2.83. The molecule has 0 radical (unpaired) electrons. The van der Waals surface area contributed by atoms with Gasteiger partial charge in [0.05, 0.1) is 16.8 Å². The highest BCUT2D eigenvalue weighted by Crippen LogP contribution is 2.23. The van der Waals surface area contributed by atoms with Gasteiger partial charge >= 0.3 is 0 Å². The summed E-state index contributed by atoms with van der Waals surface area (Å²) >= 11 is 0. The average Bonchev–Trinajstić information content (AvgIpc) is 2.46. The number of nitrogens with zero attached hydrogens (tertiary/aromatic N) is 1. The van der Waals surface area contributed by atoms with Gasteiger partial charge in [-0.1, -0.05) is 18.2 Å². The number of pyridine rings is 1. The maximum absolute atomic E-state index is 12.5. The van der Waals surface area contributed by atoms with E-state index in [0.29, 0.717) is 23.5 Å². The van der Waals surface area contributed by atoms with Crippen LogP contribution in [-0.4, -0.2) is 10.5 Å². The molecule has 0 saturated carbocycles. The summed E-state index contributed by atoms with van der Waals surface area (Å²) in [6.07, 6.45) is 1.70. The third-order valence-corrected chi connectivity index (χ3v) is 3.60. The zero-order valence-electron chi connectivity index (χ0n) is 13.1. The molecule has 0 unspecified atom stereocenters. The summed E-state index contributed by atoms with van der Waals surface area (Å²) in [6.45, 7) is 5.66. The van der Waals surface area contributed by atoms with Gasteiger partial charge in [-0.2, -0.15) is 0 Å². The van der Waals surface area contributed by atoms with E-state index in [1.807, 2.05) is 12.1 Å². The van der Waals surface area contributed by atoms with Gasteiger partial charge in [0, 0.05) is 18.3 Å². The van der Waals surface area contributed by atoms with Gasteiger partial charge in [-0.05, 0) is 39.0 Å². The summed E-state index contributed by atoms with van der Waals surface area (Å²) < 4.78 is 1.56. The Labute approximate surface area is 129 Å². The van der Waals surface area contributed by atoms with Gasteiger partial charge in [0.15, 0.2) is 0 Å². The predicted molar refractivity (Wildman–Crippen MR) is 88.7 cm³/mol. The zero-order valence-corrected chi connectivity index (χ0v) is 13.1. The van der Waals surface area contributed by atoms with Crippen LogP contribution in [0.4, 0.5) is 11.4 Å². The Balaban J connectivity index is 2.19. The number of aromatic nitrogens is 1. The number of nitrogens with two attached hydrogens (primary N) is 1. The van der Waals surface area contributed by atoms with Crippen molar-refractivity contribution in [1.82, 2.24) is 4.57 Å². The van der Waals surface area contributed by atoms with Crippen LogP contribution in [0.25, 0.3) is 0 Å². The largest absolute Gasteiger partial charge is 0.397 e. The molecule has 0 aliphatic carbocycles. The molecule has 0 spiro atoms. The summed E-state index contributed by atoms with van der Waals surface area (Å²) in [7, 11) is 0. The Morgan fingerprint density at radius 2 is 1.91 bits per heavy atom. The van der Waals surface area contributed by atoms with Crippen molar-refractivity contribution in [3.63, 3.8) is 0 Å². The Morgan fingerprint density at radius 1 is 1.23 bits per heavy atom. The first-order valence-corrected chi connectivity index (χ1v) is 7.13. The lowest BCUT2D eigenvalue weighted by atomic mass is 9.91. The Morgan fingerprint density at radius 3 is 2.59 bits per heavy atom. The normalized spacial score (nSPS) is 11.2. The van der Waals surface area contributed by atoms with E-state index < -0.39 is 5.41 Å². The number of hydrogen-bond donors (Lipinski definition) is 2. The molecule has 0 saturated heterocycles. The lowest BCUT2D eigenvalue weighted by Crippen LogP contribution is -2.38. The minimum atomic E-state index is -0.750. The standard InChI is InChI=1S/C17H21N3O2/c1-12-7-6-10-20(15(12)21)11-17(2,3)16(22)19-14-9-5-4-8-13(14)18/h4-10H,11,18H2,1-3H3,(H,19,22). The summed E-state index contributed by atoms with van der Waals surface area (Å²) in [5.74, 6) is -0.182. The van der Waals surface area contributed by atoms with Crippen LogP contribution in [0.5, 0.6) is 0 Å². The first kappa shape index (κ1) is 15.8. The summed E-state index contributed by atoms with van der Waals surface area (Å²) in [5.41, 5.74) is 6.76. The van der Waals surface area contributed by atoms with Crippen LogP contribution in [0.3, 0.4) is 0 Å².